The minimum Gasteiger partial charge on any atom is -0.394 e. The topological polar surface area (TPSA) is 98.7 Å². The smallest absolute Gasteiger partial charge is 0.248 e. The van der Waals surface area contributed by atoms with E-state index in [-0.39, 0.29) is 34.4 Å². The molecule has 32 heavy (non-hydrogen) atoms. The number of aryl methyl sites for hydroxylation is 1. The second kappa shape index (κ2) is 8.81. The van der Waals surface area contributed by atoms with Gasteiger partial charge in [0.2, 0.25) is 17.7 Å². The molecule has 3 fully saturated rings. The van der Waals surface area contributed by atoms with Gasteiger partial charge in [-0.25, -0.2) is 0 Å². The van der Waals surface area contributed by atoms with Crippen molar-refractivity contribution < 1.29 is 19.5 Å². The van der Waals surface area contributed by atoms with Crippen LogP contribution in [0.15, 0.2) is 18.2 Å². The van der Waals surface area contributed by atoms with Crippen LogP contribution in [0.3, 0.4) is 0 Å². The van der Waals surface area contributed by atoms with E-state index >= 15 is 0 Å². The first-order chi connectivity index (χ1) is 15.2. The largest absolute Gasteiger partial charge is 0.394 e. The van der Waals surface area contributed by atoms with Crippen LogP contribution in [0.5, 0.6) is 0 Å². The number of nitrogens with zero attached hydrogens (tertiary/aromatic N) is 1. The van der Waals surface area contributed by atoms with Crippen molar-refractivity contribution in [2.75, 3.05) is 19.0 Å². The molecule has 0 aromatic heterocycles. The third-order valence-corrected chi connectivity index (χ3v) is 10.6. The fourth-order valence-electron chi connectivity index (χ4n) is 5.62. The van der Waals surface area contributed by atoms with E-state index in [1.165, 1.54) is 4.90 Å². The Morgan fingerprint density at radius 1 is 1.41 bits per heavy atom. The quantitative estimate of drug-likeness (QED) is 0.478. The number of halogens is 2. The number of benzene rings is 1. The first kappa shape index (κ1) is 23.9. The Bertz CT molecular complexity index is 941. The average molecular weight is 545 g/mol. The van der Waals surface area contributed by atoms with E-state index in [1.807, 2.05) is 26.0 Å². The molecule has 3 aliphatic heterocycles. The number of nitrogens with one attached hydrogen (secondary N) is 2. The summed E-state index contributed by atoms with van der Waals surface area (Å²) in [6.45, 7) is 3.48. The molecule has 7 atom stereocenters. The Kier molecular flexibility index (Phi) is 6.57. The molecule has 1 aromatic carbocycles. The van der Waals surface area contributed by atoms with Gasteiger partial charge in [0.1, 0.15) is 6.04 Å². The Morgan fingerprint density at radius 3 is 2.72 bits per heavy atom. The molecule has 1 aromatic rings. The van der Waals surface area contributed by atoms with Crippen molar-refractivity contribution in [1.82, 2.24) is 10.2 Å². The van der Waals surface area contributed by atoms with Crippen LogP contribution in [-0.4, -0.2) is 68.3 Å². The minimum absolute atomic E-state index is 0.00496. The maximum atomic E-state index is 13.8. The highest BCUT2D eigenvalue weighted by Crippen LogP contribution is 2.68. The standard InChI is InChI=1S/C22H27BrClN3O4S/c1-4-11(9-28)27-18(20(30)26-16-10(2)6-5-7-13(16)24)22-8-12(23)17(32-22)14(19(29)25-3)15(22)21(27)31/h5-7,11-12,14-15,17-18,28H,4,8-9H2,1-3H3,(H,25,29)(H,26,30)/t11-,12?,14+,15-,17+,18?,22?/m0/s1. The second-order valence-corrected chi connectivity index (χ2v) is 11.8. The van der Waals surface area contributed by atoms with Crippen LogP contribution in [0.2, 0.25) is 5.02 Å². The van der Waals surface area contributed by atoms with Crippen molar-refractivity contribution in [3.63, 3.8) is 0 Å². The van der Waals surface area contributed by atoms with Gasteiger partial charge in [-0.05, 0) is 31.4 Å². The lowest BCUT2D eigenvalue weighted by molar-refractivity contribution is -0.142. The number of alkyl halides is 1. The molecule has 3 saturated heterocycles. The molecule has 3 aliphatic rings. The summed E-state index contributed by atoms with van der Waals surface area (Å²) < 4.78 is -0.755. The summed E-state index contributed by atoms with van der Waals surface area (Å²) in [5.74, 6) is -1.91. The van der Waals surface area contributed by atoms with Crippen molar-refractivity contribution in [2.24, 2.45) is 11.8 Å². The van der Waals surface area contributed by atoms with Crippen LogP contribution in [0, 0.1) is 18.8 Å². The van der Waals surface area contributed by atoms with Gasteiger partial charge in [-0.2, -0.15) is 0 Å². The number of likely N-dealkylation sites (tertiary alicyclic amines) is 1. The number of thioether (sulfide) groups is 1. The highest BCUT2D eigenvalue weighted by molar-refractivity contribution is 9.09. The van der Waals surface area contributed by atoms with Crippen molar-refractivity contribution in [3.8, 4) is 0 Å². The van der Waals surface area contributed by atoms with E-state index < -0.39 is 28.7 Å². The number of carbonyl (C=O) groups is 3. The summed E-state index contributed by atoms with van der Waals surface area (Å²) >= 11 is 11.6. The van der Waals surface area contributed by atoms with Gasteiger partial charge in [0.05, 0.1) is 39.9 Å². The molecular weight excluding hydrogens is 518 g/mol. The molecule has 0 saturated carbocycles. The molecule has 4 rings (SSSR count). The molecule has 3 unspecified atom stereocenters. The maximum Gasteiger partial charge on any atom is 0.248 e. The van der Waals surface area contributed by atoms with Gasteiger partial charge in [-0.3, -0.25) is 14.4 Å². The molecule has 3 amide bonds. The number of hydrogen-bond acceptors (Lipinski definition) is 5. The zero-order chi connectivity index (χ0) is 23.4. The number of anilines is 1. The molecule has 0 radical (unpaired) electrons. The Morgan fingerprint density at radius 2 is 2.12 bits per heavy atom. The van der Waals surface area contributed by atoms with Crippen LogP contribution in [0.1, 0.15) is 25.3 Å². The zero-order valence-corrected chi connectivity index (χ0v) is 21.3. The predicted molar refractivity (Wildman–Crippen MR) is 129 cm³/mol. The van der Waals surface area contributed by atoms with Gasteiger partial charge in [-0.15, -0.1) is 11.8 Å². The van der Waals surface area contributed by atoms with Gasteiger partial charge in [0.25, 0.3) is 0 Å². The SMILES string of the molecule is CC[C@@H](CO)N1C(=O)[C@@H]2[C@@H](C(=O)NC)[C@@H]3SC2(CC3Br)C1C(=O)Nc1c(C)cccc1Cl. The molecule has 10 heteroatoms. The molecule has 174 valence electrons. The van der Waals surface area contributed by atoms with Gasteiger partial charge >= 0.3 is 0 Å². The lowest BCUT2D eigenvalue weighted by atomic mass is 9.70. The van der Waals surface area contributed by atoms with E-state index in [1.54, 1.807) is 24.9 Å². The monoisotopic (exact) mass is 543 g/mol. The summed E-state index contributed by atoms with van der Waals surface area (Å²) in [5.41, 5.74) is 1.33. The maximum absolute atomic E-state index is 13.8. The number of fused-ring (bicyclic) bond motifs is 1. The third-order valence-electron chi connectivity index (χ3n) is 7.07. The Hall–Kier alpha value is -1.29. The van der Waals surface area contributed by atoms with Gasteiger partial charge in [0.15, 0.2) is 0 Å². The lowest BCUT2D eigenvalue weighted by Crippen LogP contribution is -2.55. The van der Waals surface area contributed by atoms with Crippen LogP contribution in [0.4, 0.5) is 5.69 Å². The van der Waals surface area contributed by atoms with Gasteiger partial charge in [0, 0.05) is 17.1 Å². The van der Waals surface area contributed by atoms with Crippen molar-refractivity contribution in [2.45, 2.75) is 53.6 Å². The minimum atomic E-state index is -0.822. The molecule has 7 nitrogen and oxygen atoms in total. The number of hydrogen-bond donors (Lipinski definition) is 3. The lowest BCUT2D eigenvalue weighted by Gasteiger charge is -2.37. The summed E-state index contributed by atoms with van der Waals surface area (Å²) in [6.07, 6.45) is 1.08. The number of aliphatic hydroxyl groups is 1. The number of para-hydroxylation sites is 1. The fraction of sp³-hybridized carbons (Fsp3) is 0.591. The van der Waals surface area contributed by atoms with Gasteiger partial charge in [-0.1, -0.05) is 46.6 Å². The summed E-state index contributed by atoms with van der Waals surface area (Å²) in [5, 5.41) is 16.0. The van der Waals surface area contributed by atoms with E-state index in [0.717, 1.165) is 5.56 Å². The van der Waals surface area contributed by atoms with Crippen molar-refractivity contribution in [1.29, 1.82) is 0 Å². The first-order valence-corrected chi connectivity index (χ1v) is 12.9. The molecule has 3 heterocycles. The summed E-state index contributed by atoms with van der Waals surface area (Å²) in [4.78, 5) is 42.0. The van der Waals surface area contributed by atoms with E-state index in [4.69, 9.17) is 11.6 Å². The highest BCUT2D eigenvalue weighted by atomic mass is 79.9. The Balaban J connectivity index is 1.80. The molecule has 2 bridgehead atoms. The second-order valence-electron chi connectivity index (χ2n) is 8.69. The van der Waals surface area contributed by atoms with E-state index in [9.17, 15) is 19.5 Å². The average Bonchev–Trinajstić information content (AvgIpc) is 3.35. The first-order valence-electron chi connectivity index (χ1n) is 10.7. The third kappa shape index (κ3) is 3.38. The number of aliphatic hydroxyl groups excluding tert-OH is 1. The summed E-state index contributed by atoms with van der Waals surface area (Å²) in [7, 11) is 1.57. The van der Waals surface area contributed by atoms with Crippen molar-refractivity contribution in [3.05, 3.63) is 28.8 Å². The van der Waals surface area contributed by atoms with E-state index in [0.29, 0.717) is 23.6 Å². The van der Waals surface area contributed by atoms with Gasteiger partial charge < -0.3 is 20.6 Å². The van der Waals surface area contributed by atoms with Crippen molar-refractivity contribution >= 4 is 62.7 Å². The van der Waals surface area contributed by atoms with E-state index in [2.05, 4.69) is 26.6 Å². The predicted octanol–water partition coefficient (Wildman–Crippen LogP) is 2.57. The molecule has 1 spiro atoms. The zero-order valence-electron chi connectivity index (χ0n) is 18.1. The fourth-order valence-corrected chi connectivity index (χ4v) is 9.49. The van der Waals surface area contributed by atoms with Crippen LogP contribution in [0.25, 0.3) is 0 Å². The Labute approximate surface area is 205 Å². The number of carbonyl (C=O) groups excluding carboxylic acids is 3. The molecule has 0 aliphatic carbocycles. The number of rotatable bonds is 6. The highest BCUT2D eigenvalue weighted by Gasteiger charge is 2.76. The van der Waals surface area contributed by atoms with Crippen LogP contribution >= 0.6 is 39.3 Å². The summed E-state index contributed by atoms with van der Waals surface area (Å²) in [6, 6.07) is 4.04. The molecular formula is C22H27BrClN3O4S. The molecule has 3 N–H and O–H groups in total. The normalized spacial score (nSPS) is 33.9. The van der Waals surface area contributed by atoms with Crippen LogP contribution < -0.4 is 10.6 Å². The van der Waals surface area contributed by atoms with Crippen LogP contribution in [-0.2, 0) is 14.4 Å². The number of amides is 3.